The van der Waals surface area contributed by atoms with E-state index < -0.39 is 0 Å². The molecule has 0 spiro atoms. The molecule has 1 amide bonds. The van der Waals surface area contributed by atoms with Gasteiger partial charge in [-0.3, -0.25) is 9.59 Å². The number of hydrogen-bond acceptors (Lipinski definition) is 5. The van der Waals surface area contributed by atoms with Crippen LogP contribution in [0.15, 0.2) is 42.5 Å². The molecule has 0 saturated carbocycles. The number of carbonyl (C=O) groups is 2. The molecule has 1 N–H and O–H groups in total. The van der Waals surface area contributed by atoms with Crippen molar-refractivity contribution in [3.05, 3.63) is 48.0 Å². The van der Waals surface area contributed by atoms with Crippen LogP contribution >= 0.6 is 0 Å². The number of rotatable bonds is 7. The molecule has 2 rings (SSSR count). The third-order valence-corrected chi connectivity index (χ3v) is 3.31. The van der Waals surface area contributed by atoms with Gasteiger partial charge in [0.15, 0.2) is 12.4 Å². The highest BCUT2D eigenvalue weighted by Crippen LogP contribution is 2.28. The first-order valence-electron chi connectivity index (χ1n) is 7.29. The molecule has 2 aromatic carbocycles. The van der Waals surface area contributed by atoms with Gasteiger partial charge < -0.3 is 19.5 Å². The Kier molecular flexibility index (Phi) is 5.78. The van der Waals surface area contributed by atoms with Crippen LogP contribution in [0.2, 0.25) is 0 Å². The lowest BCUT2D eigenvalue weighted by Gasteiger charge is -2.12. The van der Waals surface area contributed by atoms with Crippen molar-refractivity contribution >= 4 is 17.4 Å². The Balaban J connectivity index is 1.97. The molecule has 0 unspecified atom stereocenters. The molecule has 2 aromatic rings. The summed E-state index contributed by atoms with van der Waals surface area (Å²) < 4.78 is 15.7. The lowest BCUT2D eigenvalue weighted by molar-refractivity contribution is -0.118. The summed E-state index contributed by atoms with van der Waals surface area (Å²) >= 11 is 0. The van der Waals surface area contributed by atoms with Gasteiger partial charge in [0.2, 0.25) is 0 Å². The van der Waals surface area contributed by atoms with Crippen molar-refractivity contribution in [2.45, 2.75) is 6.92 Å². The van der Waals surface area contributed by atoms with Crippen molar-refractivity contribution in [3.63, 3.8) is 0 Å². The third kappa shape index (κ3) is 4.49. The van der Waals surface area contributed by atoms with E-state index in [0.717, 1.165) is 0 Å². The molecular weight excluding hydrogens is 310 g/mol. The Labute approximate surface area is 140 Å². The SMILES string of the molecule is COc1ccc(OC)c(NC(=O)COc2ccc(C(C)=O)cc2)c1. The van der Waals surface area contributed by atoms with Crippen LogP contribution in [-0.4, -0.2) is 32.5 Å². The molecule has 6 heteroatoms. The van der Waals surface area contributed by atoms with Crippen LogP contribution in [0.25, 0.3) is 0 Å². The number of Topliss-reactive ketones (excluding diaryl/α,β-unsaturated/α-hetero) is 1. The Hall–Kier alpha value is -3.02. The van der Waals surface area contributed by atoms with E-state index in [1.807, 2.05) is 0 Å². The number of nitrogens with one attached hydrogen (secondary N) is 1. The minimum atomic E-state index is -0.336. The van der Waals surface area contributed by atoms with Crippen LogP contribution in [0.5, 0.6) is 17.2 Å². The molecule has 0 radical (unpaired) electrons. The lowest BCUT2D eigenvalue weighted by Crippen LogP contribution is -2.20. The summed E-state index contributed by atoms with van der Waals surface area (Å²) in [6.07, 6.45) is 0. The van der Waals surface area contributed by atoms with Crippen molar-refractivity contribution in [2.24, 2.45) is 0 Å². The number of amides is 1. The highest BCUT2D eigenvalue weighted by Gasteiger charge is 2.10. The van der Waals surface area contributed by atoms with Crippen LogP contribution in [0, 0.1) is 0 Å². The molecule has 0 aliphatic rings. The van der Waals surface area contributed by atoms with Crippen molar-refractivity contribution < 1.29 is 23.8 Å². The van der Waals surface area contributed by atoms with Crippen LogP contribution in [0.1, 0.15) is 17.3 Å². The van der Waals surface area contributed by atoms with Crippen LogP contribution in [0.4, 0.5) is 5.69 Å². The molecule has 126 valence electrons. The summed E-state index contributed by atoms with van der Waals surface area (Å²) in [6.45, 7) is 1.32. The van der Waals surface area contributed by atoms with Gasteiger partial charge in [-0.1, -0.05) is 0 Å². The zero-order chi connectivity index (χ0) is 17.5. The fourth-order valence-electron chi connectivity index (χ4n) is 2.03. The van der Waals surface area contributed by atoms with Gasteiger partial charge in [-0.05, 0) is 43.3 Å². The van der Waals surface area contributed by atoms with Crippen molar-refractivity contribution in [1.29, 1.82) is 0 Å². The normalized spacial score (nSPS) is 9.96. The molecular formula is C18H19NO5. The number of methoxy groups -OCH3 is 2. The second-order valence-corrected chi connectivity index (χ2v) is 4.98. The van der Waals surface area contributed by atoms with Crippen molar-refractivity contribution in [2.75, 3.05) is 26.1 Å². The van der Waals surface area contributed by atoms with E-state index >= 15 is 0 Å². The maximum absolute atomic E-state index is 12.0. The molecule has 0 fully saturated rings. The largest absolute Gasteiger partial charge is 0.497 e. The standard InChI is InChI=1S/C18H19NO5/c1-12(20)13-4-6-14(7-5-13)24-11-18(21)19-16-10-15(22-2)8-9-17(16)23-3/h4-10H,11H2,1-3H3,(H,19,21). The van der Waals surface area contributed by atoms with Gasteiger partial charge in [-0.2, -0.15) is 0 Å². The molecule has 0 saturated heterocycles. The zero-order valence-corrected chi connectivity index (χ0v) is 13.8. The summed E-state index contributed by atoms with van der Waals surface area (Å²) in [5.74, 6) is 1.27. The second-order valence-electron chi connectivity index (χ2n) is 4.98. The van der Waals surface area contributed by atoms with E-state index in [2.05, 4.69) is 5.32 Å². The summed E-state index contributed by atoms with van der Waals surface area (Å²) in [7, 11) is 3.06. The van der Waals surface area contributed by atoms with Gasteiger partial charge in [0.1, 0.15) is 17.2 Å². The number of anilines is 1. The zero-order valence-electron chi connectivity index (χ0n) is 13.8. The van der Waals surface area contributed by atoms with Gasteiger partial charge in [0.25, 0.3) is 5.91 Å². The average Bonchev–Trinajstić information content (AvgIpc) is 2.60. The van der Waals surface area contributed by atoms with Crippen LogP contribution in [0.3, 0.4) is 0 Å². The summed E-state index contributed by atoms with van der Waals surface area (Å²) in [5.41, 5.74) is 1.09. The van der Waals surface area contributed by atoms with Gasteiger partial charge in [-0.25, -0.2) is 0 Å². The third-order valence-electron chi connectivity index (χ3n) is 3.31. The van der Waals surface area contributed by atoms with E-state index in [1.54, 1.807) is 49.6 Å². The summed E-state index contributed by atoms with van der Waals surface area (Å²) in [5, 5.41) is 2.71. The molecule has 0 atom stereocenters. The maximum atomic E-state index is 12.0. The summed E-state index contributed by atoms with van der Waals surface area (Å²) in [6, 6.07) is 11.7. The van der Waals surface area contributed by atoms with E-state index in [9.17, 15) is 9.59 Å². The highest BCUT2D eigenvalue weighted by atomic mass is 16.5. The molecule has 0 aromatic heterocycles. The molecule has 0 bridgehead atoms. The minimum absolute atomic E-state index is 0.0237. The fraction of sp³-hybridized carbons (Fsp3) is 0.222. The molecule has 0 aliphatic carbocycles. The average molecular weight is 329 g/mol. The number of ketones is 1. The van der Waals surface area contributed by atoms with Gasteiger partial charge in [0.05, 0.1) is 19.9 Å². The molecule has 24 heavy (non-hydrogen) atoms. The monoisotopic (exact) mass is 329 g/mol. The highest BCUT2D eigenvalue weighted by molar-refractivity contribution is 5.94. The first-order valence-corrected chi connectivity index (χ1v) is 7.29. The van der Waals surface area contributed by atoms with E-state index in [4.69, 9.17) is 14.2 Å². The van der Waals surface area contributed by atoms with Crippen molar-refractivity contribution in [1.82, 2.24) is 0 Å². The Morgan fingerprint density at radius 1 is 0.958 bits per heavy atom. The maximum Gasteiger partial charge on any atom is 0.262 e. The first kappa shape index (κ1) is 17.3. The first-order chi connectivity index (χ1) is 11.5. The van der Waals surface area contributed by atoms with Gasteiger partial charge in [-0.15, -0.1) is 0 Å². The predicted molar refractivity (Wildman–Crippen MR) is 90.1 cm³/mol. The van der Waals surface area contributed by atoms with E-state index in [-0.39, 0.29) is 18.3 Å². The lowest BCUT2D eigenvalue weighted by atomic mass is 10.1. The van der Waals surface area contributed by atoms with E-state index in [1.165, 1.54) is 14.0 Å². The number of ether oxygens (including phenoxy) is 3. The summed E-state index contributed by atoms with van der Waals surface area (Å²) in [4.78, 5) is 23.3. The Bertz CT molecular complexity index is 725. The topological polar surface area (TPSA) is 73.9 Å². The van der Waals surface area contributed by atoms with Gasteiger partial charge in [0, 0.05) is 11.6 Å². The quantitative estimate of drug-likeness (QED) is 0.791. The van der Waals surface area contributed by atoms with Crippen LogP contribution < -0.4 is 19.5 Å². The fourth-order valence-corrected chi connectivity index (χ4v) is 2.03. The number of hydrogen-bond donors (Lipinski definition) is 1. The molecule has 0 aliphatic heterocycles. The predicted octanol–water partition coefficient (Wildman–Crippen LogP) is 2.92. The smallest absolute Gasteiger partial charge is 0.262 e. The molecule has 0 heterocycles. The molecule has 6 nitrogen and oxygen atoms in total. The second kappa shape index (κ2) is 8.01. The van der Waals surface area contributed by atoms with Gasteiger partial charge >= 0.3 is 0 Å². The Morgan fingerprint density at radius 3 is 2.21 bits per heavy atom. The van der Waals surface area contributed by atoms with Crippen LogP contribution in [-0.2, 0) is 4.79 Å². The van der Waals surface area contributed by atoms with E-state index in [0.29, 0.717) is 28.5 Å². The number of carbonyl (C=O) groups excluding carboxylic acids is 2. The number of benzene rings is 2. The Morgan fingerprint density at radius 2 is 1.62 bits per heavy atom. The minimum Gasteiger partial charge on any atom is -0.497 e. The van der Waals surface area contributed by atoms with Crippen molar-refractivity contribution in [3.8, 4) is 17.2 Å².